The zero-order valence-corrected chi connectivity index (χ0v) is 10.3. The van der Waals surface area contributed by atoms with E-state index in [2.05, 4.69) is 41.1 Å². The fourth-order valence-corrected chi connectivity index (χ4v) is 2.31. The van der Waals surface area contributed by atoms with Crippen LogP contribution in [0.25, 0.3) is 22.0 Å². The largest absolute Gasteiger partial charge is 0.392 e. The molecule has 0 bridgehead atoms. The van der Waals surface area contributed by atoms with Gasteiger partial charge in [-0.3, -0.25) is 0 Å². The van der Waals surface area contributed by atoms with Gasteiger partial charge in [0.15, 0.2) is 0 Å². The third kappa shape index (κ3) is 1.81. The maximum absolute atomic E-state index is 9.18. The maximum Gasteiger partial charge on any atom is 0.0682 e. The standard InChI is InChI=1S/C16H15NO/c1-17-8-7-15-10-14(5-6-16(15)17)13-4-2-3-12(9-13)11-18/h2-10,18H,11H2,1H3. The van der Waals surface area contributed by atoms with Gasteiger partial charge in [0.25, 0.3) is 0 Å². The molecular formula is C16H15NO. The van der Waals surface area contributed by atoms with Gasteiger partial charge in [-0.25, -0.2) is 0 Å². The molecule has 2 nitrogen and oxygen atoms in total. The Morgan fingerprint density at radius 2 is 1.83 bits per heavy atom. The van der Waals surface area contributed by atoms with Crippen LogP contribution in [-0.4, -0.2) is 9.67 Å². The number of hydrogen-bond acceptors (Lipinski definition) is 1. The average molecular weight is 237 g/mol. The fourth-order valence-electron chi connectivity index (χ4n) is 2.31. The van der Waals surface area contributed by atoms with Gasteiger partial charge in [-0.2, -0.15) is 0 Å². The minimum atomic E-state index is 0.0847. The second-order valence-corrected chi connectivity index (χ2v) is 4.56. The Morgan fingerprint density at radius 3 is 2.67 bits per heavy atom. The van der Waals surface area contributed by atoms with Crippen LogP contribution in [-0.2, 0) is 13.7 Å². The van der Waals surface area contributed by atoms with Gasteiger partial charge in [0.2, 0.25) is 0 Å². The predicted molar refractivity (Wildman–Crippen MR) is 74.3 cm³/mol. The van der Waals surface area contributed by atoms with Crippen molar-refractivity contribution >= 4 is 10.9 Å². The van der Waals surface area contributed by atoms with Gasteiger partial charge < -0.3 is 9.67 Å². The van der Waals surface area contributed by atoms with Crippen LogP contribution in [0.5, 0.6) is 0 Å². The van der Waals surface area contributed by atoms with Crippen LogP contribution < -0.4 is 0 Å². The third-order valence-electron chi connectivity index (χ3n) is 3.33. The van der Waals surface area contributed by atoms with Crippen LogP contribution in [0, 0.1) is 0 Å². The zero-order chi connectivity index (χ0) is 12.5. The van der Waals surface area contributed by atoms with Crippen molar-refractivity contribution in [1.82, 2.24) is 4.57 Å². The molecule has 2 aromatic carbocycles. The van der Waals surface area contributed by atoms with Crippen molar-refractivity contribution in [2.45, 2.75) is 6.61 Å². The molecule has 0 saturated carbocycles. The molecule has 0 atom stereocenters. The second kappa shape index (κ2) is 4.31. The first-order valence-electron chi connectivity index (χ1n) is 6.03. The van der Waals surface area contributed by atoms with E-state index >= 15 is 0 Å². The Kier molecular flexibility index (Phi) is 2.65. The van der Waals surface area contributed by atoms with Crippen molar-refractivity contribution in [2.75, 3.05) is 0 Å². The van der Waals surface area contributed by atoms with Crippen molar-refractivity contribution in [3.63, 3.8) is 0 Å². The number of benzene rings is 2. The van der Waals surface area contributed by atoms with E-state index < -0.39 is 0 Å². The Balaban J connectivity index is 2.13. The van der Waals surface area contributed by atoms with Crippen LogP contribution in [0.2, 0.25) is 0 Å². The van der Waals surface area contributed by atoms with Gasteiger partial charge >= 0.3 is 0 Å². The number of aliphatic hydroxyl groups is 1. The summed E-state index contributed by atoms with van der Waals surface area (Å²) >= 11 is 0. The second-order valence-electron chi connectivity index (χ2n) is 4.56. The monoisotopic (exact) mass is 237 g/mol. The first-order valence-corrected chi connectivity index (χ1v) is 6.03. The molecular weight excluding hydrogens is 222 g/mol. The van der Waals surface area contributed by atoms with Crippen LogP contribution in [0.15, 0.2) is 54.7 Å². The van der Waals surface area contributed by atoms with Gasteiger partial charge in [0.1, 0.15) is 0 Å². The van der Waals surface area contributed by atoms with E-state index in [1.807, 2.05) is 25.2 Å². The molecule has 0 fully saturated rings. The quantitative estimate of drug-likeness (QED) is 0.726. The Hall–Kier alpha value is -2.06. The molecule has 0 spiro atoms. The predicted octanol–water partition coefficient (Wildman–Crippen LogP) is 3.34. The summed E-state index contributed by atoms with van der Waals surface area (Å²) in [5.74, 6) is 0. The lowest BCUT2D eigenvalue weighted by Gasteiger charge is -2.05. The molecule has 0 saturated heterocycles. The Bertz CT molecular complexity index is 697. The average Bonchev–Trinajstić information content (AvgIpc) is 2.80. The van der Waals surface area contributed by atoms with E-state index in [4.69, 9.17) is 0 Å². The molecule has 0 aliphatic heterocycles. The van der Waals surface area contributed by atoms with Crippen LogP contribution in [0.1, 0.15) is 5.56 Å². The molecule has 3 aromatic rings. The van der Waals surface area contributed by atoms with E-state index in [-0.39, 0.29) is 6.61 Å². The summed E-state index contributed by atoms with van der Waals surface area (Å²) in [6, 6.07) is 16.6. The summed E-state index contributed by atoms with van der Waals surface area (Å²) in [5.41, 5.74) is 4.51. The molecule has 3 rings (SSSR count). The van der Waals surface area contributed by atoms with E-state index in [1.54, 1.807) is 0 Å². The molecule has 0 aliphatic carbocycles. The molecule has 18 heavy (non-hydrogen) atoms. The first-order chi connectivity index (χ1) is 8.78. The molecule has 1 aromatic heterocycles. The summed E-state index contributed by atoms with van der Waals surface area (Å²) in [5, 5.41) is 10.4. The lowest BCUT2D eigenvalue weighted by Crippen LogP contribution is -1.86. The van der Waals surface area contributed by atoms with Crippen molar-refractivity contribution in [3.8, 4) is 11.1 Å². The smallest absolute Gasteiger partial charge is 0.0682 e. The highest BCUT2D eigenvalue weighted by molar-refractivity contribution is 5.85. The number of aryl methyl sites for hydroxylation is 1. The molecule has 2 heteroatoms. The molecule has 0 aliphatic rings. The summed E-state index contributed by atoms with van der Waals surface area (Å²) in [6.45, 7) is 0.0847. The van der Waals surface area contributed by atoms with E-state index in [9.17, 15) is 5.11 Å². The summed E-state index contributed by atoms with van der Waals surface area (Å²) in [4.78, 5) is 0. The van der Waals surface area contributed by atoms with Crippen LogP contribution in [0.3, 0.4) is 0 Å². The normalized spacial score (nSPS) is 11.0. The maximum atomic E-state index is 9.18. The van der Waals surface area contributed by atoms with Crippen molar-refractivity contribution in [1.29, 1.82) is 0 Å². The lowest BCUT2D eigenvalue weighted by molar-refractivity contribution is 0.282. The number of fused-ring (bicyclic) bond motifs is 1. The molecule has 0 radical (unpaired) electrons. The minimum Gasteiger partial charge on any atom is -0.392 e. The van der Waals surface area contributed by atoms with Gasteiger partial charge in [-0.15, -0.1) is 0 Å². The molecule has 1 heterocycles. The van der Waals surface area contributed by atoms with E-state index in [0.717, 1.165) is 11.1 Å². The number of aliphatic hydroxyl groups excluding tert-OH is 1. The van der Waals surface area contributed by atoms with E-state index in [0.29, 0.717) is 0 Å². The zero-order valence-electron chi connectivity index (χ0n) is 10.3. The minimum absolute atomic E-state index is 0.0847. The van der Waals surface area contributed by atoms with Crippen LogP contribution >= 0.6 is 0 Å². The number of aromatic nitrogens is 1. The van der Waals surface area contributed by atoms with Crippen molar-refractivity contribution in [3.05, 3.63) is 60.3 Å². The van der Waals surface area contributed by atoms with Gasteiger partial charge in [0.05, 0.1) is 6.61 Å². The van der Waals surface area contributed by atoms with Crippen molar-refractivity contribution in [2.24, 2.45) is 7.05 Å². The van der Waals surface area contributed by atoms with E-state index in [1.165, 1.54) is 16.5 Å². The van der Waals surface area contributed by atoms with Crippen LogP contribution in [0.4, 0.5) is 0 Å². The lowest BCUT2D eigenvalue weighted by atomic mass is 10.0. The first kappa shape index (κ1) is 11.1. The number of nitrogens with zero attached hydrogens (tertiary/aromatic N) is 1. The Labute approximate surface area is 106 Å². The molecule has 0 amide bonds. The van der Waals surface area contributed by atoms with Gasteiger partial charge in [-0.05, 0) is 41.0 Å². The fraction of sp³-hybridized carbons (Fsp3) is 0.125. The topological polar surface area (TPSA) is 25.2 Å². The SMILES string of the molecule is Cn1ccc2cc(-c3cccc(CO)c3)ccc21. The third-order valence-corrected chi connectivity index (χ3v) is 3.33. The number of hydrogen-bond donors (Lipinski definition) is 1. The van der Waals surface area contributed by atoms with Gasteiger partial charge in [-0.1, -0.05) is 24.3 Å². The molecule has 90 valence electrons. The highest BCUT2D eigenvalue weighted by Gasteiger charge is 2.02. The highest BCUT2D eigenvalue weighted by Crippen LogP contribution is 2.25. The highest BCUT2D eigenvalue weighted by atomic mass is 16.3. The summed E-state index contributed by atoms with van der Waals surface area (Å²) < 4.78 is 2.11. The summed E-state index contributed by atoms with van der Waals surface area (Å²) in [6.07, 6.45) is 2.07. The number of rotatable bonds is 2. The van der Waals surface area contributed by atoms with Gasteiger partial charge in [0, 0.05) is 24.1 Å². The summed E-state index contributed by atoms with van der Waals surface area (Å²) in [7, 11) is 2.05. The molecule has 1 N–H and O–H groups in total. The Morgan fingerprint density at radius 1 is 1.00 bits per heavy atom. The molecule has 0 unspecified atom stereocenters. The van der Waals surface area contributed by atoms with Crippen molar-refractivity contribution < 1.29 is 5.11 Å².